The van der Waals surface area contributed by atoms with Crippen LogP contribution in [0.5, 0.6) is 0 Å². The summed E-state index contributed by atoms with van der Waals surface area (Å²) < 4.78 is 28.3. The number of anilines is 2. The summed E-state index contributed by atoms with van der Waals surface area (Å²) in [5, 5.41) is 12.3. The fourth-order valence-corrected chi connectivity index (χ4v) is 4.15. The number of nitrogens with one attached hydrogen (secondary N) is 1. The molecule has 0 atom stereocenters. The highest BCUT2D eigenvalue weighted by Gasteiger charge is 2.23. The molecule has 1 N–H and O–H groups in total. The topological polar surface area (TPSA) is 63.1 Å². The maximum Gasteiger partial charge on any atom is 0.234 e. The lowest BCUT2D eigenvalue weighted by Crippen LogP contribution is -2.22. The van der Waals surface area contributed by atoms with Crippen LogP contribution in [0.3, 0.4) is 0 Å². The number of amides is 1. The summed E-state index contributed by atoms with van der Waals surface area (Å²) in [4.78, 5) is 14.5. The van der Waals surface area contributed by atoms with Crippen molar-refractivity contribution in [1.82, 2.24) is 14.8 Å². The fraction of sp³-hybridized carbons (Fsp3) is 0.250. The third kappa shape index (κ3) is 4.57. The summed E-state index contributed by atoms with van der Waals surface area (Å²) in [6.45, 7) is 1.78. The predicted octanol–water partition coefficient (Wildman–Crippen LogP) is 4.53. The summed E-state index contributed by atoms with van der Waals surface area (Å²) in [6.07, 6.45) is 2.17. The van der Waals surface area contributed by atoms with E-state index in [-0.39, 0.29) is 17.3 Å². The lowest BCUT2D eigenvalue weighted by atomic mass is 10.3. The summed E-state index contributed by atoms with van der Waals surface area (Å²) in [5.74, 6) is -1.62. The Balaban J connectivity index is 1.53. The van der Waals surface area contributed by atoms with E-state index < -0.39 is 11.6 Å². The van der Waals surface area contributed by atoms with E-state index in [4.69, 9.17) is 11.6 Å². The Kier molecular flexibility index (Phi) is 6.19. The van der Waals surface area contributed by atoms with Crippen LogP contribution in [0.1, 0.15) is 12.8 Å². The van der Waals surface area contributed by atoms with Crippen molar-refractivity contribution in [2.24, 2.45) is 0 Å². The van der Waals surface area contributed by atoms with Crippen LogP contribution in [-0.2, 0) is 4.79 Å². The number of thioether (sulfide) groups is 1. The molecule has 1 aliphatic heterocycles. The van der Waals surface area contributed by atoms with Gasteiger partial charge in [-0.1, -0.05) is 29.4 Å². The molecule has 30 heavy (non-hydrogen) atoms. The zero-order chi connectivity index (χ0) is 21.1. The molecule has 2 heterocycles. The summed E-state index contributed by atoms with van der Waals surface area (Å²) >= 11 is 7.37. The van der Waals surface area contributed by atoms with Crippen molar-refractivity contribution >= 4 is 40.9 Å². The first-order valence-corrected chi connectivity index (χ1v) is 10.7. The molecule has 3 aromatic rings. The van der Waals surface area contributed by atoms with Gasteiger partial charge in [0, 0.05) is 29.9 Å². The Morgan fingerprint density at radius 1 is 1.10 bits per heavy atom. The molecule has 10 heteroatoms. The highest BCUT2D eigenvalue weighted by Crippen LogP contribution is 2.29. The molecule has 0 unspecified atom stereocenters. The molecule has 2 aromatic carbocycles. The monoisotopic (exact) mass is 449 g/mol. The smallest absolute Gasteiger partial charge is 0.234 e. The largest absolute Gasteiger partial charge is 0.341 e. The lowest BCUT2D eigenvalue weighted by Gasteiger charge is -2.18. The molecule has 1 amide bonds. The number of rotatable bonds is 6. The van der Waals surface area contributed by atoms with Gasteiger partial charge in [-0.25, -0.2) is 8.78 Å². The maximum atomic E-state index is 13.3. The molecule has 0 saturated carbocycles. The van der Waals surface area contributed by atoms with Crippen molar-refractivity contribution in [1.29, 1.82) is 0 Å². The van der Waals surface area contributed by atoms with Crippen LogP contribution in [-0.4, -0.2) is 39.5 Å². The SMILES string of the molecule is O=C(CSc1nnc(N2CCCC2)n1-c1cccc(Cl)c1)Nc1ccc(F)c(F)c1. The third-order valence-electron chi connectivity index (χ3n) is 4.61. The summed E-state index contributed by atoms with van der Waals surface area (Å²) in [5.41, 5.74) is 0.992. The lowest BCUT2D eigenvalue weighted by molar-refractivity contribution is -0.113. The van der Waals surface area contributed by atoms with E-state index in [1.807, 2.05) is 22.8 Å². The number of hydrogen-bond donors (Lipinski definition) is 1. The van der Waals surface area contributed by atoms with Gasteiger partial charge >= 0.3 is 0 Å². The molecule has 1 saturated heterocycles. The highest BCUT2D eigenvalue weighted by atomic mass is 35.5. The Morgan fingerprint density at radius 2 is 1.90 bits per heavy atom. The average molecular weight is 450 g/mol. The zero-order valence-corrected chi connectivity index (χ0v) is 17.4. The highest BCUT2D eigenvalue weighted by molar-refractivity contribution is 7.99. The molecule has 0 spiro atoms. The number of aromatic nitrogens is 3. The van der Waals surface area contributed by atoms with Crippen molar-refractivity contribution in [3.05, 3.63) is 59.1 Å². The molecular formula is C20H18ClF2N5OS. The minimum Gasteiger partial charge on any atom is -0.341 e. The van der Waals surface area contributed by atoms with Gasteiger partial charge in [-0.3, -0.25) is 9.36 Å². The van der Waals surface area contributed by atoms with Crippen molar-refractivity contribution in [2.45, 2.75) is 18.0 Å². The minimum atomic E-state index is -1.02. The van der Waals surface area contributed by atoms with Gasteiger partial charge in [0.1, 0.15) is 0 Å². The average Bonchev–Trinajstić information content (AvgIpc) is 3.38. The first kappa shape index (κ1) is 20.6. The van der Waals surface area contributed by atoms with E-state index in [1.54, 1.807) is 6.07 Å². The number of nitrogens with zero attached hydrogens (tertiary/aromatic N) is 4. The van der Waals surface area contributed by atoms with Crippen molar-refractivity contribution in [3.63, 3.8) is 0 Å². The van der Waals surface area contributed by atoms with Crippen LogP contribution in [0.15, 0.2) is 47.6 Å². The van der Waals surface area contributed by atoms with Crippen LogP contribution in [0.2, 0.25) is 5.02 Å². The fourth-order valence-electron chi connectivity index (χ4n) is 3.22. The van der Waals surface area contributed by atoms with Crippen molar-refractivity contribution in [2.75, 3.05) is 29.1 Å². The molecule has 0 aliphatic carbocycles. The normalized spacial score (nSPS) is 13.6. The van der Waals surface area contributed by atoms with Crippen molar-refractivity contribution in [3.8, 4) is 5.69 Å². The molecule has 1 aromatic heterocycles. The Hall–Kier alpha value is -2.65. The van der Waals surface area contributed by atoms with Gasteiger partial charge in [-0.05, 0) is 43.2 Å². The maximum absolute atomic E-state index is 13.3. The molecule has 4 rings (SSSR count). The van der Waals surface area contributed by atoms with Gasteiger partial charge in [0.05, 0.1) is 11.4 Å². The minimum absolute atomic E-state index is 0.0255. The first-order valence-electron chi connectivity index (χ1n) is 9.35. The van der Waals surface area contributed by atoms with E-state index in [0.29, 0.717) is 16.1 Å². The van der Waals surface area contributed by atoms with Crippen LogP contribution < -0.4 is 10.2 Å². The second-order valence-electron chi connectivity index (χ2n) is 6.76. The Bertz CT molecular complexity index is 1070. The van der Waals surface area contributed by atoms with Crippen LogP contribution in [0.4, 0.5) is 20.4 Å². The van der Waals surface area contributed by atoms with Gasteiger partial charge in [0.2, 0.25) is 11.9 Å². The first-order chi connectivity index (χ1) is 14.5. The molecule has 0 radical (unpaired) electrons. The van der Waals surface area contributed by atoms with Gasteiger partial charge in [0.25, 0.3) is 0 Å². The molecule has 0 bridgehead atoms. The van der Waals surface area contributed by atoms with E-state index in [0.717, 1.165) is 43.8 Å². The summed E-state index contributed by atoms with van der Waals surface area (Å²) in [6, 6.07) is 10.6. The molecule has 6 nitrogen and oxygen atoms in total. The standard InChI is InChI=1S/C20H18ClF2N5OS/c21-13-4-3-5-15(10-13)28-19(27-8-1-2-9-27)25-26-20(28)30-12-18(29)24-14-6-7-16(22)17(23)11-14/h3-7,10-11H,1-2,8-9,12H2,(H,24,29). The van der Waals surface area contributed by atoms with E-state index in [2.05, 4.69) is 20.4 Å². The molecule has 1 fully saturated rings. The third-order valence-corrected chi connectivity index (χ3v) is 5.77. The predicted molar refractivity (Wildman–Crippen MR) is 114 cm³/mol. The summed E-state index contributed by atoms with van der Waals surface area (Å²) in [7, 11) is 0. The van der Waals surface area contributed by atoms with Crippen LogP contribution in [0, 0.1) is 11.6 Å². The second kappa shape index (κ2) is 9.01. The Labute approximate surface area is 181 Å². The number of carbonyl (C=O) groups is 1. The molecule has 1 aliphatic rings. The number of carbonyl (C=O) groups excluding carboxylic acids is 1. The van der Waals surface area contributed by atoms with Gasteiger partial charge in [0.15, 0.2) is 16.8 Å². The Morgan fingerprint density at radius 3 is 2.63 bits per heavy atom. The number of halogens is 3. The molecule has 156 valence electrons. The second-order valence-corrected chi connectivity index (χ2v) is 8.14. The van der Waals surface area contributed by atoms with Crippen molar-refractivity contribution < 1.29 is 13.6 Å². The van der Waals surface area contributed by atoms with E-state index >= 15 is 0 Å². The molecular weight excluding hydrogens is 432 g/mol. The van der Waals surface area contributed by atoms with Gasteiger partial charge in [-0.15, -0.1) is 10.2 Å². The number of hydrogen-bond acceptors (Lipinski definition) is 5. The van der Waals surface area contributed by atoms with E-state index in [1.165, 1.54) is 17.8 Å². The van der Waals surface area contributed by atoms with Crippen LogP contribution in [0.25, 0.3) is 5.69 Å². The van der Waals surface area contributed by atoms with Gasteiger partial charge < -0.3 is 10.2 Å². The zero-order valence-electron chi connectivity index (χ0n) is 15.8. The van der Waals surface area contributed by atoms with E-state index in [9.17, 15) is 13.6 Å². The number of benzene rings is 2. The van der Waals surface area contributed by atoms with Gasteiger partial charge in [-0.2, -0.15) is 0 Å². The van der Waals surface area contributed by atoms with Crippen LogP contribution >= 0.6 is 23.4 Å². The quantitative estimate of drug-likeness (QED) is 0.560.